The molecule has 17 rings (SSSR count). The number of hydrogen-bond acceptors (Lipinski definition) is 2. The Hall–Kier alpha value is -10.9. The maximum absolute atomic E-state index is 9.57. The molecule has 4 heterocycles. The quantitative estimate of drug-likeness (QED) is 0.151. The zero-order chi connectivity index (χ0) is 79.1. The summed E-state index contributed by atoms with van der Waals surface area (Å²) in [4.78, 5) is 5.06. The standard InChI is InChI=1S/C103H100N4/c1-98(2,3)72-44-40-66(41-45-72)70-52-69(65-32-24-20-25-33-65)55-79(56-70)104-90-57-67(64-30-22-19-23-31-64)42-48-82(90)94-83-49-43-68(71-53-75(101(10,11)12)59-76(54-71)102(13,14)15)58-91(83)107(93-63-77(103(16,17)18)62-92(104)95(93)94)89-39-29-37-81-80-36-28-38-88(96(80)105(97(81)89)78-34-26-21-27-35-78)106-86-50-46-73(99(4,5)6)60-84(86)85-61-74(100(7,8)9)47-51-87(85)106/h19-63,94H,1-18H3/i19D,22D,23D,30D,31D. The molecule has 15 aromatic rings. The van der Waals surface area contributed by atoms with E-state index in [1.165, 1.54) is 38.6 Å². The fourth-order valence-corrected chi connectivity index (χ4v) is 16.7. The van der Waals surface area contributed by atoms with Gasteiger partial charge in [-0.1, -0.05) is 306 Å². The van der Waals surface area contributed by atoms with Crippen LogP contribution in [0.1, 0.15) is 187 Å². The molecule has 1 atom stereocenters. The molecule has 107 heavy (non-hydrogen) atoms. The molecule has 0 amide bonds. The van der Waals surface area contributed by atoms with Crippen LogP contribution in [0.2, 0.25) is 0 Å². The normalized spacial score (nSPS) is 14.8. The highest BCUT2D eigenvalue weighted by molar-refractivity contribution is 6.19. The van der Waals surface area contributed by atoms with Gasteiger partial charge in [-0.15, -0.1) is 0 Å². The highest BCUT2D eigenvalue weighted by atomic mass is 15.2. The smallest absolute Gasteiger partial charge is 0.0783 e. The first kappa shape index (κ1) is 63.3. The van der Waals surface area contributed by atoms with Gasteiger partial charge in [0.25, 0.3) is 0 Å². The minimum Gasteiger partial charge on any atom is -0.310 e. The molecule has 0 radical (unpaired) electrons. The number of aromatic nitrogens is 2. The molecule has 4 nitrogen and oxygen atoms in total. The van der Waals surface area contributed by atoms with Crippen molar-refractivity contribution in [2.75, 3.05) is 9.80 Å². The van der Waals surface area contributed by atoms with Crippen molar-refractivity contribution in [3.05, 3.63) is 323 Å². The van der Waals surface area contributed by atoms with Gasteiger partial charge in [0.2, 0.25) is 0 Å². The predicted molar refractivity (Wildman–Crippen MR) is 459 cm³/mol. The van der Waals surface area contributed by atoms with Crippen molar-refractivity contribution >= 4 is 77.7 Å². The Morgan fingerprint density at radius 3 is 1.21 bits per heavy atom. The second-order valence-corrected chi connectivity index (χ2v) is 36.4. The zero-order valence-corrected chi connectivity index (χ0v) is 65.5. The van der Waals surface area contributed by atoms with Crippen LogP contribution in [0.5, 0.6) is 0 Å². The molecule has 0 aliphatic carbocycles. The Balaban J connectivity index is 1.02. The number of anilines is 6. The van der Waals surface area contributed by atoms with Crippen molar-refractivity contribution in [1.82, 2.24) is 9.13 Å². The van der Waals surface area contributed by atoms with E-state index in [9.17, 15) is 2.74 Å². The fraction of sp³-hybridized carbons (Fsp3) is 0.243. The molecule has 13 aromatic carbocycles. The predicted octanol–water partition coefficient (Wildman–Crippen LogP) is 29.1. The molecule has 2 aliphatic heterocycles. The van der Waals surface area contributed by atoms with Gasteiger partial charge in [0, 0.05) is 44.4 Å². The summed E-state index contributed by atoms with van der Waals surface area (Å²) in [5.41, 5.74) is 29.4. The fourth-order valence-electron chi connectivity index (χ4n) is 16.7. The number of nitrogens with zero attached hydrogens (tertiary/aromatic N) is 4. The van der Waals surface area contributed by atoms with Gasteiger partial charge in [-0.25, -0.2) is 0 Å². The maximum atomic E-state index is 9.57. The summed E-state index contributed by atoms with van der Waals surface area (Å²) in [5, 5.41) is 4.71. The van der Waals surface area contributed by atoms with E-state index in [1.54, 1.807) is 0 Å². The van der Waals surface area contributed by atoms with Gasteiger partial charge in [0.15, 0.2) is 0 Å². The number of rotatable bonds is 8. The summed E-state index contributed by atoms with van der Waals surface area (Å²) < 4.78 is 51.2. The van der Waals surface area contributed by atoms with Crippen LogP contribution in [-0.2, 0) is 32.5 Å². The Morgan fingerprint density at radius 2 is 0.682 bits per heavy atom. The van der Waals surface area contributed by atoms with E-state index in [0.29, 0.717) is 5.56 Å². The average molecular weight is 1400 g/mol. The van der Waals surface area contributed by atoms with Gasteiger partial charge >= 0.3 is 0 Å². The topological polar surface area (TPSA) is 16.3 Å². The minimum absolute atomic E-state index is 0.0615. The molecule has 1 unspecified atom stereocenters. The first-order chi connectivity index (χ1) is 52.9. The molecular weight excluding hydrogens is 1290 g/mol. The number of fused-ring (bicyclic) bond motifs is 10. The van der Waals surface area contributed by atoms with Crippen LogP contribution in [-0.4, -0.2) is 9.13 Å². The second kappa shape index (κ2) is 24.8. The second-order valence-electron chi connectivity index (χ2n) is 36.4. The first-order valence-electron chi connectivity index (χ1n) is 40.8. The molecular formula is C103H100N4. The third-order valence-corrected chi connectivity index (χ3v) is 22.9. The van der Waals surface area contributed by atoms with Crippen molar-refractivity contribution in [1.29, 1.82) is 0 Å². The summed E-state index contributed by atoms with van der Waals surface area (Å²) in [7, 11) is 0. The Labute approximate surface area is 641 Å². The summed E-state index contributed by atoms with van der Waals surface area (Å²) in [6.07, 6.45) is 0. The van der Waals surface area contributed by atoms with Crippen molar-refractivity contribution in [3.8, 4) is 55.9 Å². The summed E-state index contributed by atoms with van der Waals surface area (Å²) in [6, 6.07) is 89.8. The third-order valence-electron chi connectivity index (χ3n) is 22.9. The van der Waals surface area contributed by atoms with E-state index in [-0.39, 0.29) is 62.7 Å². The number of benzene rings is 13. The Morgan fingerprint density at radius 1 is 0.252 bits per heavy atom. The summed E-state index contributed by atoms with van der Waals surface area (Å²) in [6.45, 7) is 41.5. The lowest BCUT2D eigenvalue weighted by molar-refractivity contribution is 0.569. The first-order valence-corrected chi connectivity index (χ1v) is 38.3. The van der Waals surface area contributed by atoms with Gasteiger partial charge in [0.05, 0.1) is 63.0 Å². The van der Waals surface area contributed by atoms with Crippen molar-refractivity contribution in [3.63, 3.8) is 0 Å². The molecule has 0 saturated heterocycles. The van der Waals surface area contributed by atoms with Crippen LogP contribution in [0.15, 0.2) is 273 Å². The van der Waals surface area contributed by atoms with Gasteiger partial charge in [0.1, 0.15) is 0 Å². The monoisotopic (exact) mass is 1400 g/mol. The Bertz CT molecular complexity index is 6240. The lowest BCUT2D eigenvalue weighted by atomic mass is 9.73. The van der Waals surface area contributed by atoms with Crippen LogP contribution < -0.4 is 9.80 Å². The lowest BCUT2D eigenvalue weighted by Crippen LogP contribution is -2.30. The Kier molecular flexibility index (Phi) is 14.7. The highest BCUT2D eigenvalue weighted by Crippen LogP contribution is 2.63. The molecule has 0 saturated carbocycles. The van der Waals surface area contributed by atoms with Gasteiger partial charge in [-0.05, 0) is 213 Å². The van der Waals surface area contributed by atoms with Crippen LogP contribution in [0, 0.1) is 0 Å². The van der Waals surface area contributed by atoms with Crippen molar-refractivity contribution < 1.29 is 6.85 Å². The number of para-hydroxylation sites is 3. The van der Waals surface area contributed by atoms with Crippen LogP contribution in [0.4, 0.5) is 34.1 Å². The van der Waals surface area contributed by atoms with Crippen LogP contribution >= 0.6 is 0 Å². The molecule has 0 spiro atoms. The third kappa shape index (κ3) is 11.9. The van der Waals surface area contributed by atoms with Gasteiger partial charge < -0.3 is 18.9 Å². The highest BCUT2D eigenvalue weighted by Gasteiger charge is 2.44. The van der Waals surface area contributed by atoms with Gasteiger partial charge in [-0.2, -0.15) is 0 Å². The zero-order valence-electron chi connectivity index (χ0n) is 70.5. The molecule has 0 bridgehead atoms. The molecule has 4 heteroatoms. The minimum atomic E-state index is -0.425. The molecule has 0 fully saturated rings. The van der Waals surface area contributed by atoms with E-state index in [0.717, 1.165) is 134 Å². The lowest BCUT2D eigenvalue weighted by Gasteiger charge is -2.46. The van der Waals surface area contributed by atoms with Crippen molar-refractivity contribution in [2.45, 2.75) is 163 Å². The largest absolute Gasteiger partial charge is 0.310 e. The van der Waals surface area contributed by atoms with E-state index in [1.807, 2.05) is 6.07 Å². The van der Waals surface area contributed by atoms with Crippen LogP contribution in [0.3, 0.4) is 0 Å². The summed E-state index contributed by atoms with van der Waals surface area (Å²) >= 11 is 0. The van der Waals surface area contributed by atoms with Gasteiger partial charge in [-0.3, -0.25) is 0 Å². The molecule has 532 valence electrons. The van der Waals surface area contributed by atoms with E-state index >= 15 is 0 Å². The van der Waals surface area contributed by atoms with Crippen molar-refractivity contribution in [2.24, 2.45) is 0 Å². The molecule has 2 aromatic heterocycles. The van der Waals surface area contributed by atoms with E-state index in [2.05, 4.69) is 380 Å². The molecule has 2 aliphatic rings. The SMILES string of the molecule is [2H]c1c([2H])c([2H])c(-c2ccc3c(c2)N(c2cc(-c4ccccc4)cc(-c4ccc(C(C)(C)C)cc4)c2)c2cc(C(C)(C)C)cc4c2C3c2ccc(-c3cc(C(C)(C)C)cc(C(C)(C)C)c3)cc2N4c2cccc3c4cccc(-n5c6ccc(C(C)(C)C)cc6c6cc(C(C)(C)C)ccc65)c4n(-c4ccccc4)c23)c([2H])c1[2H]. The van der Waals surface area contributed by atoms with Crippen LogP contribution in [0.25, 0.3) is 99.5 Å². The maximum Gasteiger partial charge on any atom is 0.0783 e. The molecule has 0 N–H and O–H groups in total. The number of hydrogen-bond donors (Lipinski definition) is 0. The summed E-state index contributed by atoms with van der Waals surface area (Å²) in [5.74, 6) is -0.383. The van der Waals surface area contributed by atoms with E-state index in [4.69, 9.17) is 4.11 Å². The van der Waals surface area contributed by atoms with E-state index < -0.39 is 11.5 Å². The average Bonchev–Trinajstić information content (AvgIpc) is 1.07.